The van der Waals surface area contributed by atoms with Crippen LogP contribution >= 0.6 is 0 Å². The van der Waals surface area contributed by atoms with E-state index < -0.39 is 0 Å². The van der Waals surface area contributed by atoms with Crippen LogP contribution in [0.1, 0.15) is 92.5 Å². The first kappa shape index (κ1) is 21.5. The number of H-pyrrole nitrogens is 1. The molecule has 1 aromatic carbocycles. The first-order valence-corrected chi connectivity index (χ1v) is 9.48. The van der Waals surface area contributed by atoms with Crippen LogP contribution in [0.2, 0.25) is 0 Å². The molecular formula is C23H38N2. The van der Waals surface area contributed by atoms with Gasteiger partial charge in [-0.15, -0.1) is 0 Å². The molecule has 2 heteroatoms. The van der Waals surface area contributed by atoms with Gasteiger partial charge >= 0.3 is 0 Å². The lowest BCUT2D eigenvalue weighted by Crippen LogP contribution is -2.04. The van der Waals surface area contributed by atoms with Crippen LogP contribution in [0, 0.1) is 10.8 Å². The number of hydrogen-bond donors (Lipinski definition) is 1. The number of aromatic nitrogens is 2. The largest absolute Gasteiger partial charge is 0.342 e. The lowest BCUT2D eigenvalue weighted by atomic mass is 9.89. The number of nitrogens with one attached hydrogen (secondary N) is 1. The van der Waals surface area contributed by atoms with Crippen molar-refractivity contribution in [1.82, 2.24) is 9.97 Å². The molecule has 0 bridgehead atoms. The van der Waals surface area contributed by atoms with Crippen molar-refractivity contribution in [3.8, 4) is 0 Å². The molecule has 0 spiro atoms. The number of rotatable bonds is 2. The fourth-order valence-electron chi connectivity index (χ4n) is 2.18. The fourth-order valence-corrected chi connectivity index (χ4v) is 2.18. The number of hydrogen-bond acceptors (Lipinski definition) is 1. The Morgan fingerprint density at radius 2 is 1.36 bits per heavy atom. The summed E-state index contributed by atoms with van der Waals surface area (Å²) in [5.41, 5.74) is 4.25. The van der Waals surface area contributed by atoms with Gasteiger partial charge in [0.2, 0.25) is 0 Å². The zero-order valence-electron chi connectivity index (χ0n) is 18.0. The van der Waals surface area contributed by atoms with E-state index in [9.17, 15) is 0 Å². The quantitative estimate of drug-likeness (QED) is 0.564. The van der Waals surface area contributed by atoms with Crippen molar-refractivity contribution >= 4 is 11.0 Å². The third kappa shape index (κ3) is 7.90. The SMILES string of the molecule is CC(C)(C)/C=C/C(C)(C)C.CC(C)c1ccc2nc(C(C)C)[nH]c2c1. The number of benzene rings is 1. The van der Waals surface area contributed by atoms with E-state index in [1.807, 2.05) is 0 Å². The standard InChI is InChI=1S/C13H18N2.C10H20/c1-8(2)10-5-6-11-12(7-10)15-13(14-11)9(3)4;1-9(2,3)7-8-10(4,5)6/h5-9H,1-4H3,(H,14,15);7-8H,1-6H3/b;8-7+. The average molecular weight is 343 g/mol. The van der Waals surface area contributed by atoms with Gasteiger partial charge in [0, 0.05) is 5.92 Å². The molecule has 1 heterocycles. The van der Waals surface area contributed by atoms with Gasteiger partial charge < -0.3 is 4.98 Å². The number of allylic oxidation sites excluding steroid dienone is 2. The molecule has 2 rings (SSSR count). The molecule has 0 radical (unpaired) electrons. The number of nitrogens with zero attached hydrogens (tertiary/aromatic N) is 1. The third-order valence-corrected chi connectivity index (χ3v) is 3.82. The van der Waals surface area contributed by atoms with Crippen molar-refractivity contribution in [3.63, 3.8) is 0 Å². The van der Waals surface area contributed by atoms with E-state index in [1.165, 1.54) is 5.56 Å². The lowest BCUT2D eigenvalue weighted by Gasteiger charge is -2.17. The normalized spacial score (nSPS) is 13.0. The Morgan fingerprint density at radius 1 is 0.840 bits per heavy atom. The Morgan fingerprint density at radius 3 is 1.76 bits per heavy atom. The van der Waals surface area contributed by atoms with Crippen LogP contribution in [0.15, 0.2) is 30.4 Å². The molecule has 0 aliphatic heterocycles. The number of imidazole rings is 1. The topological polar surface area (TPSA) is 28.7 Å². The van der Waals surface area contributed by atoms with E-state index in [2.05, 4.69) is 110 Å². The van der Waals surface area contributed by atoms with Gasteiger partial charge in [0.15, 0.2) is 0 Å². The Bertz CT molecular complexity index is 667. The number of fused-ring (bicyclic) bond motifs is 1. The maximum atomic E-state index is 4.56. The zero-order valence-corrected chi connectivity index (χ0v) is 18.0. The summed E-state index contributed by atoms with van der Waals surface area (Å²) >= 11 is 0. The van der Waals surface area contributed by atoms with E-state index in [1.54, 1.807) is 0 Å². The Balaban J connectivity index is 0.000000275. The summed E-state index contributed by atoms with van der Waals surface area (Å²) < 4.78 is 0. The molecular weight excluding hydrogens is 304 g/mol. The Hall–Kier alpha value is -1.57. The molecule has 0 aliphatic carbocycles. The molecule has 0 atom stereocenters. The minimum atomic E-state index is 0.327. The summed E-state index contributed by atoms with van der Waals surface area (Å²) in [6.45, 7) is 22.0. The van der Waals surface area contributed by atoms with Gasteiger partial charge in [-0.3, -0.25) is 0 Å². The van der Waals surface area contributed by atoms with Gasteiger partial charge in [-0.1, -0.05) is 87.5 Å². The summed E-state index contributed by atoms with van der Waals surface area (Å²) in [5.74, 6) is 2.10. The van der Waals surface area contributed by atoms with Crippen LogP contribution in [-0.2, 0) is 0 Å². The summed E-state index contributed by atoms with van der Waals surface area (Å²) in [6.07, 6.45) is 4.54. The van der Waals surface area contributed by atoms with Crippen molar-refractivity contribution in [1.29, 1.82) is 0 Å². The minimum Gasteiger partial charge on any atom is -0.342 e. The van der Waals surface area contributed by atoms with E-state index in [0.717, 1.165) is 16.9 Å². The zero-order chi connectivity index (χ0) is 19.4. The van der Waals surface area contributed by atoms with Gasteiger partial charge in [0.1, 0.15) is 5.82 Å². The van der Waals surface area contributed by atoms with E-state index in [-0.39, 0.29) is 0 Å². The van der Waals surface area contributed by atoms with E-state index in [4.69, 9.17) is 0 Å². The maximum Gasteiger partial charge on any atom is 0.109 e. The second kappa shape index (κ2) is 8.21. The van der Waals surface area contributed by atoms with Gasteiger partial charge in [-0.05, 0) is 34.4 Å². The molecule has 0 fully saturated rings. The smallest absolute Gasteiger partial charge is 0.109 e. The monoisotopic (exact) mass is 342 g/mol. The second-order valence-corrected chi connectivity index (χ2v) is 9.77. The second-order valence-electron chi connectivity index (χ2n) is 9.77. The van der Waals surface area contributed by atoms with Crippen molar-refractivity contribution < 1.29 is 0 Å². The van der Waals surface area contributed by atoms with Crippen LogP contribution < -0.4 is 0 Å². The summed E-state index contributed by atoms with van der Waals surface area (Å²) in [4.78, 5) is 7.94. The van der Waals surface area contributed by atoms with Crippen LogP contribution in [0.5, 0.6) is 0 Å². The maximum absolute atomic E-state index is 4.56. The Kier molecular flexibility index (Phi) is 7.05. The molecule has 2 aromatic rings. The third-order valence-electron chi connectivity index (χ3n) is 3.82. The van der Waals surface area contributed by atoms with Crippen molar-refractivity contribution in [3.05, 3.63) is 41.7 Å². The summed E-state index contributed by atoms with van der Waals surface area (Å²) in [6, 6.07) is 6.48. The first-order chi connectivity index (χ1) is 11.3. The van der Waals surface area contributed by atoms with Gasteiger partial charge in [0.05, 0.1) is 11.0 Å². The predicted octanol–water partition coefficient (Wildman–Crippen LogP) is 7.44. The molecule has 0 unspecified atom stereocenters. The predicted molar refractivity (Wildman–Crippen MR) is 112 cm³/mol. The molecule has 1 N–H and O–H groups in total. The average Bonchev–Trinajstić information content (AvgIpc) is 2.87. The van der Waals surface area contributed by atoms with Crippen molar-refractivity contribution in [2.45, 2.75) is 81.1 Å². The highest BCUT2D eigenvalue weighted by Gasteiger charge is 2.09. The highest BCUT2D eigenvalue weighted by Crippen LogP contribution is 2.22. The Labute approximate surface area is 155 Å². The van der Waals surface area contributed by atoms with Crippen LogP contribution in [0.25, 0.3) is 11.0 Å². The molecule has 0 aliphatic rings. The van der Waals surface area contributed by atoms with E-state index in [0.29, 0.717) is 22.7 Å². The summed E-state index contributed by atoms with van der Waals surface area (Å²) in [7, 11) is 0. The highest BCUT2D eigenvalue weighted by molar-refractivity contribution is 5.76. The van der Waals surface area contributed by atoms with Crippen LogP contribution in [-0.4, -0.2) is 9.97 Å². The van der Waals surface area contributed by atoms with Crippen molar-refractivity contribution in [2.75, 3.05) is 0 Å². The molecule has 140 valence electrons. The molecule has 25 heavy (non-hydrogen) atoms. The molecule has 0 amide bonds. The lowest BCUT2D eigenvalue weighted by molar-refractivity contribution is 0.502. The van der Waals surface area contributed by atoms with Crippen LogP contribution in [0.4, 0.5) is 0 Å². The van der Waals surface area contributed by atoms with Gasteiger partial charge in [-0.2, -0.15) is 0 Å². The summed E-state index contributed by atoms with van der Waals surface area (Å²) in [5, 5.41) is 0. The molecule has 0 saturated carbocycles. The van der Waals surface area contributed by atoms with Crippen molar-refractivity contribution in [2.24, 2.45) is 10.8 Å². The van der Waals surface area contributed by atoms with Gasteiger partial charge in [0.25, 0.3) is 0 Å². The van der Waals surface area contributed by atoms with Crippen LogP contribution in [0.3, 0.4) is 0 Å². The molecule has 0 saturated heterocycles. The molecule has 1 aromatic heterocycles. The highest BCUT2D eigenvalue weighted by atomic mass is 14.9. The fraction of sp³-hybridized carbons (Fsp3) is 0.609. The minimum absolute atomic E-state index is 0.327. The number of aromatic amines is 1. The van der Waals surface area contributed by atoms with Gasteiger partial charge in [-0.25, -0.2) is 4.98 Å². The first-order valence-electron chi connectivity index (χ1n) is 9.48. The van der Waals surface area contributed by atoms with E-state index >= 15 is 0 Å². The molecule has 2 nitrogen and oxygen atoms in total.